The Morgan fingerprint density at radius 1 is 0.862 bits per heavy atom. The van der Waals surface area contributed by atoms with Gasteiger partial charge in [0, 0.05) is 38.1 Å². The molecule has 29 heavy (non-hydrogen) atoms. The summed E-state index contributed by atoms with van der Waals surface area (Å²) < 4.78 is 38.9. The molecule has 2 saturated carbocycles. The van der Waals surface area contributed by atoms with Gasteiger partial charge in [-0.05, 0) is 37.8 Å². The zero-order chi connectivity index (χ0) is 19.8. The Balaban J connectivity index is 1.25. The van der Waals surface area contributed by atoms with Crippen molar-refractivity contribution in [2.75, 3.05) is 26.2 Å². The standard InChI is InChI=1S/C20H28N4O4S/c25-29(26,24-13-11-23(12-14-24)16-7-2-1-3-8-16)18-10-9-17(27-18)20-22-21-19(28-20)15-5-4-6-15/h9-10,15-16H,1-8,11-14H2. The third-order valence-corrected chi connectivity index (χ3v) is 8.42. The highest BCUT2D eigenvalue weighted by molar-refractivity contribution is 7.89. The molecule has 9 heteroatoms. The molecule has 2 aliphatic carbocycles. The average molecular weight is 421 g/mol. The smallest absolute Gasteiger partial charge is 0.283 e. The fourth-order valence-electron chi connectivity index (χ4n) is 4.61. The molecule has 1 aliphatic heterocycles. The van der Waals surface area contributed by atoms with Crippen LogP contribution >= 0.6 is 0 Å². The quantitative estimate of drug-likeness (QED) is 0.733. The predicted octanol–water partition coefficient (Wildman–Crippen LogP) is 3.24. The maximum atomic E-state index is 13.0. The monoisotopic (exact) mass is 420 g/mol. The van der Waals surface area contributed by atoms with Gasteiger partial charge in [-0.2, -0.15) is 4.31 Å². The molecule has 0 bridgehead atoms. The summed E-state index contributed by atoms with van der Waals surface area (Å²) >= 11 is 0. The summed E-state index contributed by atoms with van der Waals surface area (Å²) in [7, 11) is -3.66. The number of furan rings is 1. The lowest BCUT2D eigenvalue weighted by molar-refractivity contribution is 0.110. The van der Waals surface area contributed by atoms with Crippen molar-refractivity contribution in [3.8, 4) is 11.7 Å². The van der Waals surface area contributed by atoms with Gasteiger partial charge in [-0.25, -0.2) is 8.42 Å². The third kappa shape index (κ3) is 3.75. The first kappa shape index (κ1) is 19.3. The Hall–Kier alpha value is -1.71. The van der Waals surface area contributed by atoms with Gasteiger partial charge in [0.05, 0.1) is 0 Å². The van der Waals surface area contributed by atoms with E-state index in [1.54, 1.807) is 6.07 Å². The van der Waals surface area contributed by atoms with E-state index in [4.69, 9.17) is 8.83 Å². The largest absolute Gasteiger partial charge is 0.438 e. The number of hydrogen-bond donors (Lipinski definition) is 0. The van der Waals surface area contributed by atoms with Crippen molar-refractivity contribution in [2.24, 2.45) is 0 Å². The molecule has 0 N–H and O–H groups in total. The molecule has 0 radical (unpaired) electrons. The fourth-order valence-corrected chi connectivity index (χ4v) is 5.94. The maximum absolute atomic E-state index is 13.0. The van der Waals surface area contributed by atoms with E-state index in [-0.39, 0.29) is 11.0 Å². The van der Waals surface area contributed by atoms with Crippen molar-refractivity contribution >= 4 is 10.0 Å². The van der Waals surface area contributed by atoms with Crippen LogP contribution < -0.4 is 0 Å². The number of hydrogen-bond acceptors (Lipinski definition) is 7. The normalized spacial score (nSPS) is 23.3. The van der Waals surface area contributed by atoms with Gasteiger partial charge in [-0.1, -0.05) is 25.7 Å². The topological polar surface area (TPSA) is 92.7 Å². The van der Waals surface area contributed by atoms with E-state index in [2.05, 4.69) is 15.1 Å². The predicted molar refractivity (Wildman–Crippen MR) is 106 cm³/mol. The number of aromatic nitrogens is 2. The lowest BCUT2D eigenvalue weighted by atomic mass is 9.85. The van der Waals surface area contributed by atoms with Crippen LogP contribution in [0.2, 0.25) is 0 Å². The summed E-state index contributed by atoms with van der Waals surface area (Å²) in [5, 5.41) is 8.07. The number of rotatable bonds is 5. The minimum Gasteiger partial charge on any atom is -0.438 e. The maximum Gasteiger partial charge on any atom is 0.283 e. The molecule has 0 atom stereocenters. The van der Waals surface area contributed by atoms with Crippen molar-refractivity contribution in [1.29, 1.82) is 0 Å². The second kappa shape index (κ2) is 7.85. The zero-order valence-corrected chi connectivity index (χ0v) is 17.4. The summed E-state index contributed by atoms with van der Waals surface area (Å²) in [4.78, 5) is 2.46. The van der Waals surface area contributed by atoms with E-state index in [1.165, 1.54) is 48.9 Å². The highest BCUT2D eigenvalue weighted by Crippen LogP contribution is 2.37. The van der Waals surface area contributed by atoms with Gasteiger partial charge in [0.15, 0.2) is 5.76 Å². The first-order valence-corrected chi connectivity index (χ1v) is 12.2. The summed E-state index contributed by atoms with van der Waals surface area (Å²) in [6.45, 7) is 2.57. The Kier molecular flexibility index (Phi) is 5.21. The van der Waals surface area contributed by atoms with Crippen LogP contribution in [0.5, 0.6) is 0 Å². The van der Waals surface area contributed by atoms with Crippen LogP contribution in [0.15, 0.2) is 26.1 Å². The second-order valence-corrected chi connectivity index (χ2v) is 10.3. The summed E-state index contributed by atoms with van der Waals surface area (Å²) in [6.07, 6.45) is 9.68. The van der Waals surface area contributed by atoms with Gasteiger partial charge >= 0.3 is 0 Å². The highest BCUT2D eigenvalue weighted by atomic mass is 32.2. The molecule has 3 heterocycles. The summed E-state index contributed by atoms with van der Waals surface area (Å²) in [6, 6.07) is 3.71. The van der Waals surface area contributed by atoms with Crippen molar-refractivity contribution in [1.82, 2.24) is 19.4 Å². The molecular weight excluding hydrogens is 392 g/mol. The highest BCUT2D eigenvalue weighted by Gasteiger charge is 2.34. The molecule has 8 nitrogen and oxygen atoms in total. The van der Waals surface area contributed by atoms with E-state index in [0.717, 1.165) is 25.9 Å². The lowest BCUT2D eigenvalue weighted by Gasteiger charge is -2.39. The SMILES string of the molecule is O=S(=O)(c1ccc(-c2nnc(C3CCC3)o2)o1)N1CCN(C2CCCCC2)CC1. The van der Waals surface area contributed by atoms with E-state index < -0.39 is 10.0 Å². The van der Waals surface area contributed by atoms with Gasteiger partial charge < -0.3 is 8.83 Å². The number of nitrogens with zero attached hydrogens (tertiary/aromatic N) is 4. The average Bonchev–Trinajstić information content (AvgIpc) is 3.38. The van der Waals surface area contributed by atoms with Crippen LogP contribution in [-0.2, 0) is 10.0 Å². The van der Waals surface area contributed by atoms with Gasteiger partial charge in [0.1, 0.15) is 0 Å². The Morgan fingerprint density at radius 3 is 2.31 bits per heavy atom. The van der Waals surface area contributed by atoms with E-state index in [9.17, 15) is 8.42 Å². The Bertz CT molecular complexity index is 935. The minimum absolute atomic E-state index is 0.0537. The molecule has 158 valence electrons. The molecule has 2 aromatic rings. The molecule has 0 spiro atoms. The minimum atomic E-state index is -3.66. The van der Waals surface area contributed by atoms with E-state index >= 15 is 0 Å². The molecular formula is C20H28N4O4S. The van der Waals surface area contributed by atoms with Crippen LogP contribution in [0.25, 0.3) is 11.7 Å². The van der Waals surface area contributed by atoms with Crippen molar-refractivity contribution in [3.05, 3.63) is 18.0 Å². The molecule has 0 unspecified atom stereocenters. The Labute approximate surface area is 171 Å². The third-order valence-electron chi connectivity index (χ3n) is 6.65. The second-order valence-electron chi connectivity index (χ2n) is 8.42. The first-order valence-electron chi connectivity index (χ1n) is 10.8. The van der Waals surface area contributed by atoms with Crippen molar-refractivity contribution in [2.45, 2.75) is 68.4 Å². The molecule has 2 aromatic heterocycles. The van der Waals surface area contributed by atoms with Crippen LogP contribution in [0.3, 0.4) is 0 Å². The van der Waals surface area contributed by atoms with Gasteiger partial charge in [0.2, 0.25) is 11.0 Å². The molecule has 3 fully saturated rings. The zero-order valence-electron chi connectivity index (χ0n) is 16.6. The van der Waals surface area contributed by atoms with E-state index in [0.29, 0.717) is 36.7 Å². The van der Waals surface area contributed by atoms with Crippen LogP contribution in [0.1, 0.15) is 63.2 Å². The molecule has 3 aliphatic rings. The van der Waals surface area contributed by atoms with Crippen molar-refractivity contribution < 1.29 is 17.3 Å². The van der Waals surface area contributed by atoms with Gasteiger partial charge in [0.25, 0.3) is 15.9 Å². The molecule has 1 saturated heterocycles. The van der Waals surface area contributed by atoms with Crippen LogP contribution in [-0.4, -0.2) is 60.0 Å². The van der Waals surface area contributed by atoms with Gasteiger partial charge in [-0.3, -0.25) is 4.90 Å². The summed E-state index contributed by atoms with van der Waals surface area (Å²) in [5.41, 5.74) is 0. The molecule has 5 rings (SSSR count). The molecule has 0 aromatic carbocycles. The number of piperazine rings is 1. The molecule has 0 amide bonds. The van der Waals surface area contributed by atoms with Crippen LogP contribution in [0, 0.1) is 0 Å². The fraction of sp³-hybridized carbons (Fsp3) is 0.700. The van der Waals surface area contributed by atoms with E-state index in [1.807, 2.05) is 0 Å². The summed E-state index contributed by atoms with van der Waals surface area (Å²) in [5.74, 6) is 1.50. The van der Waals surface area contributed by atoms with Gasteiger partial charge in [-0.15, -0.1) is 10.2 Å². The Morgan fingerprint density at radius 2 is 1.62 bits per heavy atom. The first-order chi connectivity index (χ1) is 14.1. The number of sulfonamides is 1. The lowest BCUT2D eigenvalue weighted by Crippen LogP contribution is -2.52. The van der Waals surface area contributed by atoms with Crippen LogP contribution in [0.4, 0.5) is 0 Å². The van der Waals surface area contributed by atoms with Crippen molar-refractivity contribution in [3.63, 3.8) is 0 Å².